The highest BCUT2D eigenvalue weighted by molar-refractivity contribution is 6.05. The summed E-state index contributed by atoms with van der Waals surface area (Å²) in [4.78, 5) is 39.2. The highest BCUT2D eigenvalue weighted by Crippen LogP contribution is 2.30. The smallest absolute Gasteiger partial charge is 0.259 e. The molecule has 2 aromatic rings. The van der Waals surface area contributed by atoms with Crippen LogP contribution in [0.4, 0.5) is 5.69 Å². The molecule has 8 nitrogen and oxygen atoms in total. The third-order valence-corrected chi connectivity index (χ3v) is 6.28. The number of likely N-dealkylation sites (tertiary alicyclic amines) is 2. The van der Waals surface area contributed by atoms with Gasteiger partial charge in [0.05, 0.1) is 36.6 Å². The molecule has 0 aliphatic carbocycles. The van der Waals surface area contributed by atoms with Crippen molar-refractivity contribution < 1.29 is 14.3 Å². The van der Waals surface area contributed by atoms with Gasteiger partial charge in [-0.2, -0.15) is 0 Å². The fraction of sp³-hybridized carbons (Fsp3) is 0.500. The Morgan fingerprint density at radius 2 is 1.88 bits per heavy atom. The molecule has 8 heteroatoms. The summed E-state index contributed by atoms with van der Waals surface area (Å²) in [6.07, 6.45) is 6.78. The molecule has 1 aromatic carbocycles. The lowest BCUT2D eigenvalue weighted by Crippen LogP contribution is -2.44. The second-order valence-corrected chi connectivity index (χ2v) is 8.46. The standard InChI is InChI=1S/C24H31N5O3/c1-17-18(24(31)27-19-9-3-4-11-21(19)32-2)15-25-23(26-17)20-10-5-6-14-29(20)22(30)16-28-12-7-8-13-28/h3-4,9,11,15,20H,5-8,10,12-14,16H2,1-2H3,(H,27,31)/t20-/m1/s1. The molecule has 0 bridgehead atoms. The number of hydrogen-bond donors (Lipinski definition) is 1. The molecule has 170 valence electrons. The van der Waals surface area contributed by atoms with Crippen LogP contribution in [0.3, 0.4) is 0 Å². The predicted octanol–water partition coefficient (Wildman–Crippen LogP) is 3.20. The van der Waals surface area contributed by atoms with Crippen LogP contribution in [0.25, 0.3) is 0 Å². The van der Waals surface area contributed by atoms with Crippen LogP contribution in [-0.2, 0) is 4.79 Å². The molecule has 0 unspecified atom stereocenters. The topological polar surface area (TPSA) is 87.7 Å². The first-order chi connectivity index (χ1) is 15.6. The molecule has 1 atom stereocenters. The molecule has 32 heavy (non-hydrogen) atoms. The predicted molar refractivity (Wildman–Crippen MR) is 122 cm³/mol. The van der Waals surface area contributed by atoms with E-state index in [1.165, 1.54) is 0 Å². The van der Waals surface area contributed by atoms with E-state index in [1.807, 2.05) is 24.0 Å². The van der Waals surface area contributed by atoms with Crippen molar-refractivity contribution in [3.05, 3.63) is 47.5 Å². The first-order valence-electron chi connectivity index (χ1n) is 11.4. The number of ether oxygens (including phenoxy) is 1. The second kappa shape index (κ2) is 10.1. The van der Waals surface area contributed by atoms with E-state index in [9.17, 15) is 9.59 Å². The van der Waals surface area contributed by atoms with Gasteiger partial charge in [-0.25, -0.2) is 9.97 Å². The molecular formula is C24H31N5O3. The minimum absolute atomic E-state index is 0.135. The molecule has 1 N–H and O–H groups in total. The van der Waals surface area contributed by atoms with Crippen LogP contribution < -0.4 is 10.1 Å². The van der Waals surface area contributed by atoms with Crippen molar-refractivity contribution >= 4 is 17.5 Å². The number of aromatic nitrogens is 2. The normalized spacial score (nSPS) is 19.1. The minimum atomic E-state index is -0.288. The molecule has 0 saturated carbocycles. The van der Waals surface area contributed by atoms with Crippen LogP contribution in [0, 0.1) is 6.92 Å². The Balaban J connectivity index is 1.49. The van der Waals surface area contributed by atoms with Gasteiger partial charge in [0.15, 0.2) is 5.82 Å². The van der Waals surface area contributed by atoms with E-state index in [2.05, 4.69) is 20.2 Å². The summed E-state index contributed by atoms with van der Waals surface area (Å²) in [7, 11) is 1.56. The first kappa shape index (κ1) is 22.2. The lowest BCUT2D eigenvalue weighted by molar-refractivity contribution is -0.136. The minimum Gasteiger partial charge on any atom is -0.495 e. The van der Waals surface area contributed by atoms with Crippen LogP contribution in [0.5, 0.6) is 5.75 Å². The number of aryl methyl sites for hydroxylation is 1. The van der Waals surface area contributed by atoms with Gasteiger partial charge < -0.3 is 15.0 Å². The van der Waals surface area contributed by atoms with Crippen molar-refractivity contribution in [2.45, 2.75) is 45.1 Å². The van der Waals surface area contributed by atoms with Crippen molar-refractivity contribution in [2.24, 2.45) is 0 Å². The number of piperidine rings is 1. The third kappa shape index (κ3) is 4.91. The van der Waals surface area contributed by atoms with Crippen LogP contribution in [0.15, 0.2) is 30.5 Å². The van der Waals surface area contributed by atoms with Gasteiger partial charge in [-0.1, -0.05) is 12.1 Å². The number of nitrogens with zero attached hydrogens (tertiary/aromatic N) is 4. The fourth-order valence-corrected chi connectivity index (χ4v) is 4.53. The number of benzene rings is 1. The molecule has 0 spiro atoms. The number of anilines is 1. The third-order valence-electron chi connectivity index (χ3n) is 6.28. The fourth-order valence-electron chi connectivity index (χ4n) is 4.53. The van der Waals surface area contributed by atoms with Gasteiger partial charge in [0.2, 0.25) is 5.91 Å². The summed E-state index contributed by atoms with van der Waals surface area (Å²) >= 11 is 0. The van der Waals surface area contributed by atoms with Crippen molar-refractivity contribution in [1.82, 2.24) is 19.8 Å². The van der Waals surface area contributed by atoms with Gasteiger partial charge in [-0.15, -0.1) is 0 Å². The quantitative estimate of drug-likeness (QED) is 0.747. The Bertz CT molecular complexity index is 974. The lowest BCUT2D eigenvalue weighted by atomic mass is 10.0. The Hall–Kier alpha value is -3.00. The van der Waals surface area contributed by atoms with E-state index in [0.29, 0.717) is 35.1 Å². The summed E-state index contributed by atoms with van der Waals surface area (Å²) in [5.74, 6) is 1.07. The molecule has 2 aliphatic heterocycles. The maximum atomic E-state index is 13.0. The van der Waals surface area contributed by atoms with E-state index >= 15 is 0 Å². The molecule has 4 rings (SSSR count). The number of rotatable bonds is 6. The maximum Gasteiger partial charge on any atom is 0.259 e. The van der Waals surface area contributed by atoms with Gasteiger partial charge in [0.1, 0.15) is 5.75 Å². The van der Waals surface area contributed by atoms with E-state index in [-0.39, 0.29) is 17.9 Å². The number of carbonyl (C=O) groups is 2. The molecule has 2 saturated heterocycles. The number of para-hydroxylation sites is 2. The Kier molecular flexibility index (Phi) is 6.99. The molecule has 1 aromatic heterocycles. The van der Waals surface area contributed by atoms with Crippen molar-refractivity contribution in [3.63, 3.8) is 0 Å². The Morgan fingerprint density at radius 3 is 2.62 bits per heavy atom. The molecule has 3 heterocycles. The van der Waals surface area contributed by atoms with Gasteiger partial charge >= 0.3 is 0 Å². The zero-order valence-electron chi connectivity index (χ0n) is 18.8. The average molecular weight is 438 g/mol. The summed E-state index contributed by atoms with van der Waals surface area (Å²) in [6.45, 7) is 5.00. The summed E-state index contributed by atoms with van der Waals surface area (Å²) in [6, 6.07) is 7.12. The SMILES string of the molecule is COc1ccccc1NC(=O)c1cnc([C@H]2CCCCN2C(=O)CN2CCCC2)nc1C. The van der Waals surface area contributed by atoms with E-state index < -0.39 is 0 Å². The molecular weight excluding hydrogens is 406 g/mol. The van der Waals surface area contributed by atoms with Crippen LogP contribution >= 0.6 is 0 Å². The van der Waals surface area contributed by atoms with Gasteiger partial charge in [0, 0.05) is 12.7 Å². The van der Waals surface area contributed by atoms with E-state index in [0.717, 1.165) is 51.7 Å². The highest BCUT2D eigenvalue weighted by atomic mass is 16.5. The monoisotopic (exact) mass is 437 g/mol. The number of carbonyl (C=O) groups excluding carboxylic acids is 2. The highest BCUT2D eigenvalue weighted by Gasteiger charge is 2.31. The molecule has 0 radical (unpaired) electrons. The lowest BCUT2D eigenvalue weighted by Gasteiger charge is -2.35. The summed E-state index contributed by atoms with van der Waals surface area (Å²) in [5.41, 5.74) is 1.60. The van der Waals surface area contributed by atoms with E-state index in [4.69, 9.17) is 4.74 Å². The first-order valence-corrected chi connectivity index (χ1v) is 11.4. The zero-order valence-corrected chi connectivity index (χ0v) is 18.8. The number of amides is 2. The zero-order chi connectivity index (χ0) is 22.5. The van der Waals surface area contributed by atoms with Crippen molar-refractivity contribution in [2.75, 3.05) is 38.6 Å². The van der Waals surface area contributed by atoms with Gasteiger partial charge in [-0.05, 0) is 64.3 Å². The number of hydrogen-bond acceptors (Lipinski definition) is 6. The van der Waals surface area contributed by atoms with Crippen molar-refractivity contribution in [3.8, 4) is 5.75 Å². The van der Waals surface area contributed by atoms with Gasteiger partial charge in [-0.3, -0.25) is 14.5 Å². The number of nitrogens with one attached hydrogen (secondary N) is 1. The molecule has 2 aliphatic rings. The maximum absolute atomic E-state index is 13.0. The summed E-state index contributed by atoms with van der Waals surface area (Å²) in [5, 5.41) is 2.87. The molecule has 2 fully saturated rings. The van der Waals surface area contributed by atoms with Crippen LogP contribution in [0.1, 0.15) is 60.0 Å². The second-order valence-electron chi connectivity index (χ2n) is 8.46. The Morgan fingerprint density at radius 1 is 1.12 bits per heavy atom. The van der Waals surface area contributed by atoms with Crippen molar-refractivity contribution in [1.29, 1.82) is 0 Å². The van der Waals surface area contributed by atoms with Gasteiger partial charge in [0.25, 0.3) is 5.91 Å². The van der Waals surface area contributed by atoms with Crippen LogP contribution in [-0.4, -0.2) is 64.9 Å². The van der Waals surface area contributed by atoms with Crippen LogP contribution in [0.2, 0.25) is 0 Å². The summed E-state index contributed by atoms with van der Waals surface area (Å²) < 4.78 is 5.31. The Labute approximate surface area is 189 Å². The number of methoxy groups -OCH3 is 1. The largest absolute Gasteiger partial charge is 0.495 e. The average Bonchev–Trinajstić information content (AvgIpc) is 3.32. The molecule has 2 amide bonds. The van der Waals surface area contributed by atoms with E-state index in [1.54, 1.807) is 25.4 Å².